The number of carbonyl (C=O) groups is 1. The largest absolute Gasteiger partial charge is 0.505 e. The van der Waals surface area contributed by atoms with Crippen LogP contribution < -0.4 is 5.73 Å². The fourth-order valence-electron chi connectivity index (χ4n) is 0.823. The minimum Gasteiger partial charge on any atom is -0.505 e. The van der Waals surface area contributed by atoms with Gasteiger partial charge in [-0.15, -0.1) is 0 Å². The van der Waals surface area contributed by atoms with E-state index in [1.54, 1.807) is 0 Å². The Morgan fingerprint density at radius 1 is 1.38 bits per heavy atom. The Hall–Kier alpha value is -1.35. The van der Waals surface area contributed by atoms with Gasteiger partial charge in [-0.25, -0.2) is 4.79 Å². The van der Waals surface area contributed by atoms with E-state index in [4.69, 9.17) is 31.3 Å². The van der Waals surface area contributed by atoms with Crippen LogP contribution in [0.2, 0.25) is 0 Å². The molecular formula is C8H15NO7. The van der Waals surface area contributed by atoms with Crippen LogP contribution in [0.25, 0.3) is 0 Å². The van der Waals surface area contributed by atoms with Crippen LogP contribution in [0.1, 0.15) is 0 Å². The number of rotatable bonds is 3. The fourth-order valence-corrected chi connectivity index (χ4v) is 0.823. The molecule has 0 fully saturated rings. The Bertz CT molecular complexity index is 263. The number of nitrogens with two attached hydrogens (primary N) is 1. The van der Waals surface area contributed by atoms with Crippen molar-refractivity contribution >= 4 is 5.97 Å². The van der Waals surface area contributed by atoms with Crippen molar-refractivity contribution in [2.45, 2.75) is 12.2 Å². The SMILES string of the molecule is NCCO.O=C1O[C@H]([C@@H](O)CO)C(O)=C1O. The summed E-state index contributed by atoms with van der Waals surface area (Å²) >= 11 is 0. The van der Waals surface area contributed by atoms with Gasteiger partial charge in [0.25, 0.3) is 0 Å². The third-order valence-corrected chi connectivity index (χ3v) is 1.61. The predicted molar refractivity (Wildman–Crippen MR) is 51.4 cm³/mol. The van der Waals surface area contributed by atoms with Gasteiger partial charge in [0.15, 0.2) is 11.9 Å². The highest BCUT2D eigenvalue weighted by atomic mass is 16.6. The lowest BCUT2D eigenvalue weighted by molar-refractivity contribution is -0.147. The minimum atomic E-state index is -1.42. The zero-order valence-electron chi connectivity index (χ0n) is 8.41. The highest BCUT2D eigenvalue weighted by Gasteiger charge is 2.38. The second-order valence-corrected chi connectivity index (χ2v) is 2.82. The number of cyclic esters (lactones) is 1. The second-order valence-electron chi connectivity index (χ2n) is 2.82. The maximum Gasteiger partial charge on any atom is 0.377 e. The first-order valence-corrected chi connectivity index (χ1v) is 4.42. The lowest BCUT2D eigenvalue weighted by Gasteiger charge is -2.13. The zero-order chi connectivity index (χ0) is 12.7. The van der Waals surface area contributed by atoms with Crippen molar-refractivity contribution in [3.63, 3.8) is 0 Å². The van der Waals surface area contributed by atoms with Gasteiger partial charge >= 0.3 is 5.97 Å². The molecule has 0 saturated heterocycles. The molecule has 0 aromatic rings. The van der Waals surface area contributed by atoms with E-state index in [2.05, 4.69) is 4.74 Å². The van der Waals surface area contributed by atoms with Gasteiger partial charge in [0.1, 0.15) is 6.10 Å². The first-order valence-electron chi connectivity index (χ1n) is 4.42. The summed E-state index contributed by atoms with van der Waals surface area (Å²) in [5.41, 5.74) is 4.78. The summed E-state index contributed by atoms with van der Waals surface area (Å²) in [5, 5.41) is 42.8. The molecule has 0 unspecified atom stereocenters. The monoisotopic (exact) mass is 237 g/mol. The number of ether oxygens (including phenoxy) is 1. The Labute approximate surface area is 91.2 Å². The third kappa shape index (κ3) is 3.66. The molecule has 7 N–H and O–H groups in total. The first-order chi connectivity index (χ1) is 7.49. The Kier molecular flexibility index (Phi) is 6.42. The van der Waals surface area contributed by atoms with Gasteiger partial charge in [0.2, 0.25) is 5.76 Å². The Morgan fingerprint density at radius 3 is 2.12 bits per heavy atom. The zero-order valence-corrected chi connectivity index (χ0v) is 8.41. The first kappa shape index (κ1) is 14.6. The van der Waals surface area contributed by atoms with Crippen LogP contribution in [-0.4, -0.2) is 63.5 Å². The number of carbonyl (C=O) groups excluding carboxylic acids is 1. The summed E-state index contributed by atoms with van der Waals surface area (Å²) in [6, 6.07) is 0. The average molecular weight is 237 g/mol. The van der Waals surface area contributed by atoms with E-state index in [1.807, 2.05) is 0 Å². The van der Waals surface area contributed by atoms with E-state index >= 15 is 0 Å². The molecule has 0 spiro atoms. The van der Waals surface area contributed by atoms with E-state index in [9.17, 15) is 4.79 Å². The summed E-state index contributed by atoms with van der Waals surface area (Å²) in [7, 11) is 0. The third-order valence-electron chi connectivity index (χ3n) is 1.61. The Balaban J connectivity index is 0.000000487. The van der Waals surface area contributed by atoms with E-state index in [0.717, 1.165) is 0 Å². The quantitative estimate of drug-likeness (QED) is 0.295. The number of hydrogen-bond donors (Lipinski definition) is 6. The Morgan fingerprint density at radius 2 is 1.88 bits per heavy atom. The van der Waals surface area contributed by atoms with Crippen molar-refractivity contribution < 1.29 is 35.1 Å². The van der Waals surface area contributed by atoms with Gasteiger partial charge in [-0.3, -0.25) is 0 Å². The molecule has 1 aliphatic rings. The van der Waals surface area contributed by atoms with Gasteiger partial charge in [-0.1, -0.05) is 0 Å². The number of aliphatic hydroxyl groups is 5. The van der Waals surface area contributed by atoms with Gasteiger partial charge in [0.05, 0.1) is 13.2 Å². The summed E-state index contributed by atoms with van der Waals surface area (Å²) < 4.78 is 4.32. The number of esters is 1. The number of hydrogen-bond acceptors (Lipinski definition) is 8. The van der Waals surface area contributed by atoms with Crippen LogP contribution in [0, 0.1) is 0 Å². The number of aliphatic hydroxyl groups excluding tert-OH is 5. The van der Waals surface area contributed by atoms with E-state index in [1.165, 1.54) is 0 Å². The summed E-state index contributed by atoms with van der Waals surface area (Å²) in [4.78, 5) is 10.5. The van der Waals surface area contributed by atoms with E-state index in [0.29, 0.717) is 6.54 Å². The van der Waals surface area contributed by atoms with Gasteiger partial charge in [0, 0.05) is 6.54 Å². The molecule has 1 heterocycles. The van der Waals surface area contributed by atoms with Crippen LogP contribution in [0.15, 0.2) is 11.5 Å². The average Bonchev–Trinajstić information content (AvgIpc) is 2.56. The fraction of sp³-hybridized carbons (Fsp3) is 0.625. The van der Waals surface area contributed by atoms with Crippen LogP contribution in [0.5, 0.6) is 0 Å². The topological polar surface area (TPSA) is 153 Å². The highest BCUT2D eigenvalue weighted by Crippen LogP contribution is 2.20. The summed E-state index contributed by atoms with van der Waals surface area (Å²) in [6.45, 7) is -0.199. The molecule has 0 aromatic carbocycles. The molecule has 2 atom stereocenters. The molecule has 0 radical (unpaired) electrons. The molecule has 0 aliphatic carbocycles. The summed E-state index contributed by atoms with van der Waals surface area (Å²) in [6.07, 6.45) is -2.78. The molecule has 1 aliphatic heterocycles. The second kappa shape index (κ2) is 7.01. The van der Waals surface area contributed by atoms with Gasteiger partial charge in [-0.2, -0.15) is 0 Å². The normalized spacial score (nSPS) is 21.2. The molecular weight excluding hydrogens is 222 g/mol. The molecule has 8 heteroatoms. The molecule has 1 rings (SSSR count). The maximum absolute atomic E-state index is 10.5. The van der Waals surface area contributed by atoms with E-state index in [-0.39, 0.29) is 6.61 Å². The molecule has 0 aromatic heterocycles. The van der Waals surface area contributed by atoms with E-state index < -0.39 is 36.3 Å². The molecule has 0 amide bonds. The van der Waals surface area contributed by atoms with Gasteiger partial charge < -0.3 is 36.0 Å². The van der Waals surface area contributed by atoms with Crippen LogP contribution >= 0.6 is 0 Å². The maximum atomic E-state index is 10.5. The van der Waals surface area contributed by atoms with Crippen molar-refractivity contribution in [2.24, 2.45) is 5.73 Å². The lowest BCUT2D eigenvalue weighted by atomic mass is 10.2. The van der Waals surface area contributed by atoms with Gasteiger partial charge in [-0.05, 0) is 0 Å². The van der Waals surface area contributed by atoms with Crippen LogP contribution in [0.3, 0.4) is 0 Å². The lowest BCUT2D eigenvalue weighted by Crippen LogP contribution is -2.31. The molecule has 16 heavy (non-hydrogen) atoms. The van der Waals surface area contributed by atoms with Crippen molar-refractivity contribution in [1.82, 2.24) is 0 Å². The van der Waals surface area contributed by atoms with Crippen molar-refractivity contribution in [3.05, 3.63) is 11.5 Å². The smallest absolute Gasteiger partial charge is 0.377 e. The minimum absolute atomic E-state index is 0.0972. The molecule has 0 bridgehead atoms. The van der Waals surface area contributed by atoms with Crippen molar-refractivity contribution in [3.8, 4) is 0 Å². The highest BCUT2D eigenvalue weighted by molar-refractivity contribution is 5.89. The van der Waals surface area contributed by atoms with Crippen LogP contribution in [-0.2, 0) is 9.53 Å². The molecule has 0 saturated carbocycles. The predicted octanol–water partition coefficient (Wildman–Crippen LogP) is -2.47. The van der Waals surface area contributed by atoms with Crippen molar-refractivity contribution in [2.75, 3.05) is 19.8 Å². The standard InChI is InChI=1S/C6H8O6.C2H7NO/c7-1-2(8)5-3(9)4(10)6(11)12-5;3-1-2-4/h2,5,7-10H,1H2;4H,1-3H2/t2-,5+;/m0./s1. The van der Waals surface area contributed by atoms with Crippen LogP contribution in [0.4, 0.5) is 0 Å². The summed E-state index contributed by atoms with van der Waals surface area (Å²) in [5.74, 6) is -2.78. The molecule has 94 valence electrons. The van der Waals surface area contributed by atoms with Crippen molar-refractivity contribution in [1.29, 1.82) is 0 Å². The molecule has 8 nitrogen and oxygen atoms in total.